The molecule has 118 valence electrons. The first-order valence-corrected chi connectivity index (χ1v) is 7.85. The van der Waals surface area contributed by atoms with Gasteiger partial charge >= 0.3 is 0 Å². The van der Waals surface area contributed by atoms with Crippen molar-refractivity contribution in [2.45, 2.75) is 45.7 Å². The summed E-state index contributed by atoms with van der Waals surface area (Å²) in [7, 11) is 1.83. The molecule has 0 saturated carbocycles. The number of hydrogen-bond acceptors (Lipinski definition) is 3. The molecule has 1 aliphatic heterocycles. The summed E-state index contributed by atoms with van der Waals surface area (Å²) in [5, 5.41) is 8.65. The molecule has 1 amide bonds. The van der Waals surface area contributed by atoms with Gasteiger partial charge in [-0.25, -0.2) is 0 Å². The van der Waals surface area contributed by atoms with Crippen molar-refractivity contribution in [2.75, 3.05) is 6.54 Å². The van der Waals surface area contributed by atoms with E-state index in [2.05, 4.69) is 10.2 Å². The van der Waals surface area contributed by atoms with Crippen LogP contribution in [0.1, 0.15) is 41.0 Å². The lowest BCUT2D eigenvalue weighted by atomic mass is 10.0. The number of piperidine rings is 1. The van der Waals surface area contributed by atoms with E-state index < -0.39 is 0 Å². The number of aryl methyl sites for hydroxylation is 3. The predicted octanol–water partition coefficient (Wildman–Crippen LogP) is 1.93. The third-order valence-corrected chi connectivity index (χ3v) is 4.27. The van der Waals surface area contributed by atoms with Gasteiger partial charge in [-0.1, -0.05) is 0 Å². The van der Waals surface area contributed by atoms with Gasteiger partial charge in [-0.15, -0.1) is 0 Å². The van der Waals surface area contributed by atoms with Crippen LogP contribution in [0, 0.1) is 13.8 Å². The molecule has 22 heavy (non-hydrogen) atoms. The molecule has 0 aromatic carbocycles. The van der Waals surface area contributed by atoms with E-state index in [9.17, 15) is 4.79 Å². The van der Waals surface area contributed by atoms with Gasteiger partial charge in [0.05, 0.1) is 24.5 Å². The maximum absolute atomic E-state index is 12.9. The van der Waals surface area contributed by atoms with Crippen molar-refractivity contribution in [1.29, 1.82) is 0 Å². The van der Waals surface area contributed by atoms with Crippen molar-refractivity contribution in [3.63, 3.8) is 0 Å². The molecule has 1 saturated heterocycles. The molecule has 0 bridgehead atoms. The molecule has 6 nitrogen and oxygen atoms in total. The molecule has 2 aromatic heterocycles. The van der Waals surface area contributed by atoms with Gasteiger partial charge in [0.25, 0.3) is 5.91 Å². The van der Waals surface area contributed by atoms with Crippen molar-refractivity contribution in [2.24, 2.45) is 7.05 Å². The quantitative estimate of drug-likeness (QED) is 0.870. The minimum Gasteiger partial charge on any atom is -0.332 e. The number of amides is 1. The molecular formula is C16H23N5O. The average molecular weight is 301 g/mol. The summed E-state index contributed by atoms with van der Waals surface area (Å²) >= 11 is 0. The van der Waals surface area contributed by atoms with Crippen molar-refractivity contribution >= 4 is 5.91 Å². The second kappa shape index (κ2) is 5.94. The van der Waals surface area contributed by atoms with Crippen molar-refractivity contribution in [1.82, 2.24) is 24.5 Å². The van der Waals surface area contributed by atoms with Gasteiger partial charge in [-0.05, 0) is 44.7 Å². The Morgan fingerprint density at radius 3 is 2.82 bits per heavy atom. The number of likely N-dealkylation sites (tertiary alicyclic amines) is 1. The number of carbonyl (C=O) groups is 1. The fourth-order valence-corrected chi connectivity index (χ4v) is 3.20. The highest BCUT2D eigenvalue weighted by Gasteiger charge is 2.29. The van der Waals surface area contributed by atoms with Gasteiger partial charge < -0.3 is 4.90 Å². The Kier molecular flexibility index (Phi) is 4.00. The van der Waals surface area contributed by atoms with Gasteiger partial charge in [-0.3, -0.25) is 14.2 Å². The van der Waals surface area contributed by atoms with E-state index in [0.717, 1.165) is 37.2 Å². The third-order valence-electron chi connectivity index (χ3n) is 4.27. The van der Waals surface area contributed by atoms with E-state index >= 15 is 0 Å². The molecule has 1 aliphatic rings. The molecule has 2 aromatic rings. The molecule has 1 unspecified atom stereocenters. The Hall–Kier alpha value is -2.11. The van der Waals surface area contributed by atoms with Crippen LogP contribution in [-0.2, 0) is 13.6 Å². The summed E-state index contributed by atoms with van der Waals surface area (Å²) in [6.07, 6.45) is 7.16. The van der Waals surface area contributed by atoms with Crippen LogP contribution in [0.2, 0.25) is 0 Å². The SMILES string of the molecule is Cc1cnn(CC2CCCCN2C(=O)c2cc(C)nn2C)c1. The summed E-state index contributed by atoms with van der Waals surface area (Å²) in [4.78, 5) is 14.9. The maximum Gasteiger partial charge on any atom is 0.272 e. The number of nitrogens with zero attached hydrogens (tertiary/aromatic N) is 5. The zero-order chi connectivity index (χ0) is 15.7. The fraction of sp³-hybridized carbons (Fsp3) is 0.562. The highest BCUT2D eigenvalue weighted by molar-refractivity contribution is 5.93. The highest BCUT2D eigenvalue weighted by Crippen LogP contribution is 2.21. The fourth-order valence-electron chi connectivity index (χ4n) is 3.20. The lowest BCUT2D eigenvalue weighted by Crippen LogP contribution is -2.46. The van der Waals surface area contributed by atoms with Crippen molar-refractivity contribution < 1.29 is 4.79 Å². The lowest BCUT2D eigenvalue weighted by Gasteiger charge is -2.35. The van der Waals surface area contributed by atoms with Crippen LogP contribution in [0.3, 0.4) is 0 Å². The summed E-state index contributed by atoms with van der Waals surface area (Å²) < 4.78 is 3.63. The molecule has 6 heteroatoms. The van der Waals surface area contributed by atoms with Gasteiger partial charge in [0.15, 0.2) is 0 Å². The first-order valence-electron chi connectivity index (χ1n) is 7.85. The molecular weight excluding hydrogens is 278 g/mol. The number of hydrogen-bond donors (Lipinski definition) is 0. The number of rotatable bonds is 3. The Bertz CT molecular complexity index is 672. The van der Waals surface area contributed by atoms with Crippen LogP contribution in [0.5, 0.6) is 0 Å². The smallest absolute Gasteiger partial charge is 0.272 e. The summed E-state index contributed by atoms with van der Waals surface area (Å²) in [5.74, 6) is 0.0803. The van der Waals surface area contributed by atoms with Crippen LogP contribution in [-0.4, -0.2) is 43.0 Å². The normalized spacial score (nSPS) is 18.7. The Labute approximate surface area is 130 Å². The summed E-state index contributed by atoms with van der Waals surface area (Å²) in [6, 6.07) is 2.07. The third kappa shape index (κ3) is 2.91. The molecule has 3 heterocycles. The lowest BCUT2D eigenvalue weighted by molar-refractivity contribution is 0.0572. The van der Waals surface area contributed by atoms with Gasteiger partial charge in [0, 0.05) is 19.8 Å². The second-order valence-electron chi connectivity index (χ2n) is 6.18. The number of aromatic nitrogens is 4. The van der Waals surface area contributed by atoms with Crippen LogP contribution in [0.15, 0.2) is 18.5 Å². The van der Waals surface area contributed by atoms with Gasteiger partial charge in [0.2, 0.25) is 0 Å². The minimum absolute atomic E-state index is 0.0803. The van der Waals surface area contributed by atoms with Gasteiger partial charge in [0.1, 0.15) is 5.69 Å². The summed E-state index contributed by atoms with van der Waals surface area (Å²) in [5.41, 5.74) is 2.69. The highest BCUT2D eigenvalue weighted by atomic mass is 16.2. The standard InChI is InChI=1S/C16H23N5O/c1-12-9-17-20(10-12)11-14-6-4-5-7-21(14)16(22)15-8-13(2)18-19(15)3/h8-10,14H,4-7,11H2,1-3H3. The molecule has 0 aliphatic carbocycles. The Morgan fingerprint density at radius 2 is 2.18 bits per heavy atom. The van der Waals surface area contributed by atoms with Crippen molar-refractivity contribution in [3.8, 4) is 0 Å². The Morgan fingerprint density at radius 1 is 1.36 bits per heavy atom. The predicted molar refractivity (Wildman–Crippen MR) is 83.6 cm³/mol. The summed E-state index contributed by atoms with van der Waals surface area (Å²) in [6.45, 7) is 5.52. The monoisotopic (exact) mass is 301 g/mol. The second-order valence-corrected chi connectivity index (χ2v) is 6.18. The molecule has 0 radical (unpaired) electrons. The van der Waals surface area contributed by atoms with E-state index in [0.29, 0.717) is 5.69 Å². The van der Waals surface area contributed by atoms with Crippen LogP contribution in [0.4, 0.5) is 0 Å². The zero-order valence-electron chi connectivity index (χ0n) is 13.5. The molecule has 3 rings (SSSR count). The van der Waals surface area contributed by atoms with E-state index in [4.69, 9.17) is 0 Å². The molecule has 0 N–H and O–H groups in total. The van der Waals surface area contributed by atoms with E-state index in [1.165, 1.54) is 6.42 Å². The van der Waals surface area contributed by atoms with E-state index in [1.54, 1.807) is 4.68 Å². The van der Waals surface area contributed by atoms with Crippen LogP contribution in [0.25, 0.3) is 0 Å². The largest absolute Gasteiger partial charge is 0.332 e. The van der Waals surface area contributed by atoms with Crippen LogP contribution < -0.4 is 0 Å². The molecule has 1 atom stereocenters. The molecule has 0 spiro atoms. The zero-order valence-corrected chi connectivity index (χ0v) is 13.5. The average Bonchev–Trinajstić information content (AvgIpc) is 3.04. The van der Waals surface area contributed by atoms with Gasteiger partial charge in [-0.2, -0.15) is 10.2 Å². The topological polar surface area (TPSA) is 56.0 Å². The Balaban J connectivity index is 1.80. The number of carbonyl (C=O) groups excluding carboxylic acids is 1. The molecule has 1 fully saturated rings. The van der Waals surface area contributed by atoms with E-state index in [1.807, 2.05) is 48.9 Å². The van der Waals surface area contributed by atoms with Crippen molar-refractivity contribution in [3.05, 3.63) is 35.4 Å². The first kappa shape index (κ1) is 14.8. The maximum atomic E-state index is 12.9. The first-order chi connectivity index (χ1) is 10.5. The minimum atomic E-state index is 0.0803. The van der Waals surface area contributed by atoms with E-state index in [-0.39, 0.29) is 11.9 Å². The van der Waals surface area contributed by atoms with Crippen LogP contribution >= 0.6 is 0 Å².